The fourth-order valence-corrected chi connectivity index (χ4v) is 5.46. The Bertz CT molecular complexity index is 1660. The molecule has 0 radical (unpaired) electrons. The van der Waals surface area contributed by atoms with Crippen molar-refractivity contribution in [2.24, 2.45) is 0 Å². The molecule has 1 aromatic heterocycles. The number of hydrogen-bond donors (Lipinski definition) is 0. The fourth-order valence-electron chi connectivity index (χ4n) is 4.14. The molecular weight excluding hydrogens is 531 g/mol. The second kappa shape index (κ2) is 10.1. The summed E-state index contributed by atoms with van der Waals surface area (Å²) in [6, 6.07) is 17.0. The van der Waals surface area contributed by atoms with E-state index in [9.17, 15) is 26.4 Å². The molecule has 0 aliphatic heterocycles. The summed E-state index contributed by atoms with van der Waals surface area (Å²) in [7, 11) is -2.62. The van der Waals surface area contributed by atoms with Gasteiger partial charge in [-0.2, -0.15) is 4.31 Å². The lowest BCUT2D eigenvalue weighted by Gasteiger charge is -2.27. The van der Waals surface area contributed by atoms with Gasteiger partial charge in [-0.05, 0) is 66.4 Å². The normalized spacial score (nSPS) is 13.6. The number of sulfonamides is 1. The van der Waals surface area contributed by atoms with E-state index in [1.54, 1.807) is 55.5 Å². The standard InChI is InChI=1S/C28H28F3N3O4S/c1-18(33(5)39(36,37)22-16-10-19(11-17-22)27(2,3)4)25-32-24-9-7-6-8-23(24)26(35)34(25)20-12-14-21(15-13-20)38-28(29,30)31/h6-18H,1-5H3. The van der Waals surface area contributed by atoms with E-state index >= 15 is 0 Å². The van der Waals surface area contributed by atoms with Crippen LogP contribution in [0.2, 0.25) is 0 Å². The highest BCUT2D eigenvalue weighted by Crippen LogP contribution is 2.30. The Morgan fingerprint density at radius 3 is 2.08 bits per heavy atom. The van der Waals surface area contributed by atoms with Gasteiger partial charge in [-0.3, -0.25) is 9.36 Å². The maximum absolute atomic E-state index is 13.6. The van der Waals surface area contributed by atoms with Gasteiger partial charge in [0.25, 0.3) is 5.56 Å². The third-order valence-electron chi connectivity index (χ3n) is 6.45. The van der Waals surface area contributed by atoms with E-state index in [1.165, 1.54) is 23.7 Å². The van der Waals surface area contributed by atoms with Gasteiger partial charge in [0.1, 0.15) is 11.6 Å². The molecule has 0 aliphatic rings. The number of alkyl halides is 3. The molecule has 11 heteroatoms. The molecular formula is C28H28F3N3O4S. The molecule has 39 heavy (non-hydrogen) atoms. The van der Waals surface area contributed by atoms with E-state index in [2.05, 4.69) is 9.72 Å². The highest BCUT2D eigenvalue weighted by Gasteiger charge is 2.32. The molecule has 0 amide bonds. The molecule has 0 saturated carbocycles. The number of para-hydroxylation sites is 1. The van der Waals surface area contributed by atoms with Crippen molar-refractivity contribution in [3.05, 3.63) is 94.5 Å². The monoisotopic (exact) mass is 559 g/mol. The molecule has 4 aromatic rings. The van der Waals surface area contributed by atoms with Gasteiger partial charge in [0.15, 0.2) is 0 Å². The minimum absolute atomic E-state index is 0.0770. The third-order valence-corrected chi connectivity index (χ3v) is 8.39. The molecule has 0 saturated heterocycles. The first-order valence-corrected chi connectivity index (χ1v) is 13.5. The average Bonchev–Trinajstić information content (AvgIpc) is 2.87. The van der Waals surface area contributed by atoms with Crippen molar-refractivity contribution in [3.63, 3.8) is 0 Å². The number of ether oxygens (including phenoxy) is 1. The van der Waals surface area contributed by atoms with Gasteiger partial charge in [0.05, 0.1) is 27.5 Å². The Balaban J connectivity index is 1.81. The van der Waals surface area contributed by atoms with E-state index in [1.807, 2.05) is 20.8 Å². The number of hydrogen-bond acceptors (Lipinski definition) is 5. The number of nitrogens with zero attached hydrogens (tertiary/aromatic N) is 3. The van der Waals surface area contributed by atoms with Crippen LogP contribution in [0.3, 0.4) is 0 Å². The highest BCUT2D eigenvalue weighted by atomic mass is 32.2. The van der Waals surface area contributed by atoms with E-state index in [0.717, 1.165) is 22.0 Å². The Morgan fingerprint density at radius 2 is 1.51 bits per heavy atom. The third kappa shape index (κ3) is 5.84. The van der Waals surface area contributed by atoms with Crippen molar-refractivity contribution < 1.29 is 26.3 Å². The van der Waals surface area contributed by atoms with E-state index < -0.39 is 33.7 Å². The Morgan fingerprint density at radius 1 is 0.923 bits per heavy atom. The predicted molar refractivity (Wildman–Crippen MR) is 143 cm³/mol. The minimum atomic E-state index is -4.87. The summed E-state index contributed by atoms with van der Waals surface area (Å²) in [5, 5.41) is 0.271. The van der Waals surface area contributed by atoms with Crippen LogP contribution in [-0.2, 0) is 15.4 Å². The van der Waals surface area contributed by atoms with Gasteiger partial charge in [-0.25, -0.2) is 13.4 Å². The quantitative estimate of drug-likeness (QED) is 0.291. The van der Waals surface area contributed by atoms with Gasteiger partial charge in [0, 0.05) is 7.05 Å². The first kappa shape index (κ1) is 28.3. The summed E-state index contributed by atoms with van der Waals surface area (Å²) in [4.78, 5) is 18.3. The number of fused-ring (bicyclic) bond motifs is 1. The topological polar surface area (TPSA) is 81.5 Å². The van der Waals surface area contributed by atoms with Crippen LogP contribution in [0.25, 0.3) is 16.6 Å². The lowest BCUT2D eigenvalue weighted by molar-refractivity contribution is -0.274. The number of halogens is 3. The molecule has 0 N–H and O–H groups in total. The smallest absolute Gasteiger partial charge is 0.406 e. The maximum Gasteiger partial charge on any atom is 0.573 e. The minimum Gasteiger partial charge on any atom is -0.406 e. The van der Waals surface area contributed by atoms with Crippen LogP contribution < -0.4 is 10.3 Å². The summed E-state index contributed by atoms with van der Waals surface area (Å²) in [6.07, 6.45) is -4.87. The first-order valence-electron chi connectivity index (χ1n) is 12.1. The van der Waals surface area contributed by atoms with Crippen LogP contribution in [0.5, 0.6) is 5.75 Å². The number of aromatic nitrogens is 2. The zero-order valence-corrected chi connectivity index (χ0v) is 22.8. The average molecular weight is 560 g/mol. The lowest BCUT2D eigenvalue weighted by Crippen LogP contribution is -2.35. The summed E-state index contributed by atoms with van der Waals surface area (Å²) >= 11 is 0. The summed E-state index contributed by atoms with van der Waals surface area (Å²) < 4.78 is 71.3. The van der Waals surface area contributed by atoms with Gasteiger partial charge in [-0.15, -0.1) is 13.2 Å². The van der Waals surface area contributed by atoms with E-state index in [0.29, 0.717) is 5.52 Å². The van der Waals surface area contributed by atoms with Gasteiger partial charge in [0.2, 0.25) is 10.0 Å². The molecule has 7 nitrogen and oxygen atoms in total. The van der Waals surface area contributed by atoms with E-state index in [4.69, 9.17) is 0 Å². The van der Waals surface area contributed by atoms with Crippen molar-refractivity contribution in [2.45, 2.75) is 50.4 Å². The predicted octanol–water partition coefficient (Wildman–Crippen LogP) is 5.96. The second-order valence-corrected chi connectivity index (χ2v) is 12.1. The summed E-state index contributed by atoms with van der Waals surface area (Å²) in [5.74, 6) is -0.360. The molecule has 1 heterocycles. The molecule has 206 valence electrons. The molecule has 3 aromatic carbocycles. The highest BCUT2D eigenvalue weighted by molar-refractivity contribution is 7.89. The Labute approximate surface area is 224 Å². The van der Waals surface area contributed by atoms with Crippen LogP contribution >= 0.6 is 0 Å². The lowest BCUT2D eigenvalue weighted by atomic mass is 9.87. The Kier molecular flexibility index (Phi) is 7.35. The largest absolute Gasteiger partial charge is 0.573 e. The van der Waals surface area contributed by atoms with Crippen molar-refractivity contribution in [2.75, 3.05) is 7.05 Å². The van der Waals surface area contributed by atoms with Gasteiger partial charge in [-0.1, -0.05) is 45.0 Å². The van der Waals surface area contributed by atoms with Crippen LogP contribution in [-0.4, -0.2) is 35.7 Å². The fraction of sp³-hybridized carbons (Fsp3) is 0.286. The molecule has 0 fully saturated rings. The van der Waals surface area contributed by atoms with Crippen molar-refractivity contribution in [1.29, 1.82) is 0 Å². The van der Waals surface area contributed by atoms with Crippen LogP contribution in [0, 0.1) is 0 Å². The second-order valence-electron chi connectivity index (χ2n) is 10.1. The van der Waals surface area contributed by atoms with Crippen molar-refractivity contribution >= 4 is 20.9 Å². The molecule has 0 spiro atoms. The SMILES string of the molecule is CC(c1nc2ccccc2c(=O)n1-c1ccc(OC(F)(F)F)cc1)N(C)S(=O)(=O)c1ccc(C(C)(C)C)cc1. The van der Waals surface area contributed by atoms with Crippen molar-refractivity contribution in [1.82, 2.24) is 13.9 Å². The van der Waals surface area contributed by atoms with Crippen LogP contribution in [0.15, 0.2) is 82.5 Å². The van der Waals surface area contributed by atoms with Crippen LogP contribution in [0.4, 0.5) is 13.2 Å². The van der Waals surface area contributed by atoms with Gasteiger partial charge < -0.3 is 4.74 Å². The zero-order valence-electron chi connectivity index (χ0n) is 22.0. The summed E-state index contributed by atoms with van der Waals surface area (Å²) in [5.41, 5.74) is 0.882. The number of benzene rings is 3. The molecule has 1 atom stereocenters. The Hall–Kier alpha value is -3.70. The van der Waals surface area contributed by atoms with Crippen LogP contribution in [0.1, 0.15) is 45.1 Å². The molecule has 1 unspecified atom stereocenters. The zero-order chi connectivity index (χ0) is 28.8. The first-order chi connectivity index (χ1) is 18.1. The van der Waals surface area contributed by atoms with E-state index in [-0.39, 0.29) is 27.2 Å². The molecule has 0 bridgehead atoms. The summed E-state index contributed by atoms with van der Waals surface area (Å²) in [6.45, 7) is 7.67. The van der Waals surface area contributed by atoms with Gasteiger partial charge >= 0.3 is 6.36 Å². The number of rotatable bonds is 6. The maximum atomic E-state index is 13.6. The molecule has 4 rings (SSSR count). The molecule has 0 aliphatic carbocycles. The van der Waals surface area contributed by atoms with Crippen molar-refractivity contribution in [3.8, 4) is 11.4 Å².